The van der Waals surface area contributed by atoms with E-state index in [1.165, 1.54) is 27.8 Å². The van der Waals surface area contributed by atoms with Crippen molar-refractivity contribution in [3.8, 4) is 5.69 Å². The van der Waals surface area contributed by atoms with E-state index in [2.05, 4.69) is 10.4 Å². The van der Waals surface area contributed by atoms with Crippen molar-refractivity contribution in [2.24, 2.45) is 0 Å². The topological polar surface area (TPSA) is 105 Å². The molecule has 2 amide bonds. The Morgan fingerprint density at radius 3 is 2.59 bits per heavy atom. The number of carbonyl (C=O) groups is 3. The quantitative estimate of drug-likeness (QED) is 0.554. The van der Waals surface area contributed by atoms with Crippen molar-refractivity contribution in [1.82, 2.24) is 15.1 Å². The van der Waals surface area contributed by atoms with Gasteiger partial charge in [-0.05, 0) is 43.0 Å². The van der Waals surface area contributed by atoms with Crippen LogP contribution in [0.5, 0.6) is 0 Å². The monoisotopic (exact) mass is 464 g/mol. The van der Waals surface area contributed by atoms with Gasteiger partial charge in [-0.25, -0.2) is 9.07 Å². The summed E-state index contributed by atoms with van der Waals surface area (Å²) in [5.41, 5.74) is 1.58. The van der Waals surface area contributed by atoms with E-state index in [-0.39, 0.29) is 23.7 Å². The van der Waals surface area contributed by atoms with Gasteiger partial charge in [0.05, 0.1) is 12.5 Å². The van der Waals surface area contributed by atoms with Crippen LogP contribution in [0.15, 0.2) is 54.6 Å². The van der Waals surface area contributed by atoms with E-state index in [1.54, 1.807) is 24.3 Å². The largest absolute Gasteiger partial charge is 0.481 e. The van der Waals surface area contributed by atoms with E-state index in [9.17, 15) is 23.9 Å². The van der Waals surface area contributed by atoms with Gasteiger partial charge >= 0.3 is 5.97 Å². The third-order valence-electron chi connectivity index (χ3n) is 5.85. The number of piperidine rings is 1. The molecule has 0 bridgehead atoms. The Kier molecular flexibility index (Phi) is 6.72. The Bertz CT molecular complexity index is 1240. The second kappa shape index (κ2) is 9.86. The van der Waals surface area contributed by atoms with Gasteiger partial charge in [0.25, 0.3) is 5.91 Å². The second-order valence-electron chi connectivity index (χ2n) is 8.23. The standard InChI is InChI=1S/C25H25FN4O4/c1-16-8-2-3-9-17(16)19(15-24(32)33)27-25(34)20-14-22(29-13-7-6-12-23(29)31)30(28-20)21-11-5-4-10-18(21)26/h2-5,8-11,14,19H,6-7,12-13,15H2,1H3,(H,27,34)(H,32,33)/t19-/m0/s1. The Morgan fingerprint density at radius 2 is 1.88 bits per heavy atom. The number of halogens is 1. The third-order valence-corrected chi connectivity index (χ3v) is 5.85. The number of anilines is 1. The molecule has 2 heterocycles. The van der Waals surface area contributed by atoms with E-state index >= 15 is 0 Å². The van der Waals surface area contributed by atoms with E-state index in [4.69, 9.17) is 0 Å². The van der Waals surface area contributed by atoms with Crippen molar-refractivity contribution >= 4 is 23.6 Å². The summed E-state index contributed by atoms with van der Waals surface area (Å²) in [6.45, 7) is 2.27. The fraction of sp³-hybridized carbons (Fsp3) is 0.280. The van der Waals surface area contributed by atoms with Crippen molar-refractivity contribution in [2.45, 2.75) is 38.6 Å². The molecule has 3 aromatic rings. The van der Waals surface area contributed by atoms with E-state index in [1.807, 2.05) is 19.1 Å². The van der Waals surface area contributed by atoms with Crippen molar-refractivity contribution in [2.75, 3.05) is 11.4 Å². The fourth-order valence-electron chi connectivity index (χ4n) is 4.15. The maximum atomic E-state index is 14.6. The van der Waals surface area contributed by atoms with Gasteiger partial charge in [0.2, 0.25) is 5.91 Å². The van der Waals surface area contributed by atoms with Crippen LogP contribution in [0.25, 0.3) is 5.69 Å². The van der Waals surface area contributed by atoms with Crippen LogP contribution in [0.2, 0.25) is 0 Å². The highest BCUT2D eigenvalue weighted by Gasteiger charge is 2.28. The predicted octanol–water partition coefficient (Wildman–Crippen LogP) is 3.78. The molecule has 1 aliphatic rings. The van der Waals surface area contributed by atoms with Crippen LogP contribution >= 0.6 is 0 Å². The van der Waals surface area contributed by atoms with Gasteiger partial charge in [0.1, 0.15) is 17.3 Å². The van der Waals surface area contributed by atoms with Crippen molar-refractivity contribution in [1.29, 1.82) is 0 Å². The number of nitrogens with one attached hydrogen (secondary N) is 1. The zero-order valence-corrected chi connectivity index (χ0v) is 18.7. The molecule has 8 nitrogen and oxygen atoms in total. The lowest BCUT2D eigenvalue weighted by Gasteiger charge is -2.26. The van der Waals surface area contributed by atoms with Gasteiger partial charge in [0, 0.05) is 19.0 Å². The molecule has 2 N–H and O–H groups in total. The number of amides is 2. The zero-order valence-electron chi connectivity index (χ0n) is 18.7. The van der Waals surface area contributed by atoms with Crippen LogP contribution in [-0.2, 0) is 9.59 Å². The Hall–Kier alpha value is -4.01. The molecule has 1 saturated heterocycles. The Labute approximate surface area is 196 Å². The highest BCUT2D eigenvalue weighted by Crippen LogP contribution is 2.27. The average molecular weight is 464 g/mol. The maximum absolute atomic E-state index is 14.6. The summed E-state index contributed by atoms with van der Waals surface area (Å²) in [7, 11) is 0. The minimum Gasteiger partial charge on any atom is -0.481 e. The lowest BCUT2D eigenvalue weighted by atomic mass is 9.98. The molecule has 34 heavy (non-hydrogen) atoms. The minimum atomic E-state index is -1.06. The first-order valence-electron chi connectivity index (χ1n) is 11.1. The molecule has 0 spiro atoms. The third kappa shape index (κ3) is 4.83. The van der Waals surface area contributed by atoms with Crippen LogP contribution in [-0.4, -0.2) is 39.2 Å². The summed E-state index contributed by atoms with van der Waals surface area (Å²) >= 11 is 0. The van der Waals surface area contributed by atoms with E-state index in [0.717, 1.165) is 18.4 Å². The first kappa shape index (κ1) is 23.2. The van der Waals surface area contributed by atoms with E-state index in [0.29, 0.717) is 24.3 Å². The summed E-state index contributed by atoms with van der Waals surface area (Å²) in [5, 5.41) is 16.5. The van der Waals surface area contributed by atoms with Gasteiger partial charge in [0.15, 0.2) is 5.69 Å². The van der Waals surface area contributed by atoms with Gasteiger partial charge in [-0.3, -0.25) is 19.3 Å². The van der Waals surface area contributed by atoms with Crippen LogP contribution in [0.4, 0.5) is 10.2 Å². The molecule has 9 heteroatoms. The zero-order chi connectivity index (χ0) is 24.2. The molecule has 0 saturated carbocycles. The second-order valence-corrected chi connectivity index (χ2v) is 8.23. The highest BCUT2D eigenvalue weighted by molar-refractivity contribution is 5.97. The summed E-state index contributed by atoms with van der Waals surface area (Å²) in [6, 6.07) is 13.8. The van der Waals surface area contributed by atoms with Crippen molar-refractivity contribution < 1.29 is 23.9 Å². The number of aryl methyl sites for hydroxylation is 1. The summed E-state index contributed by atoms with van der Waals surface area (Å²) in [5.74, 6) is -2.06. The number of carbonyl (C=O) groups excluding carboxylic acids is 2. The minimum absolute atomic E-state index is 0.0411. The number of carboxylic acid groups (broad SMARTS) is 1. The summed E-state index contributed by atoms with van der Waals surface area (Å²) < 4.78 is 15.9. The molecule has 176 valence electrons. The van der Waals surface area contributed by atoms with Gasteiger partial charge < -0.3 is 10.4 Å². The van der Waals surface area contributed by atoms with Crippen molar-refractivity contribution in [3.05, 3.63) is 77.2 Å². The fourth-order valence-corrected chi connectivity index (χ4v) is 4.15. The smallest absolute Gasteiger partial charge is 0.305 e. The van der Waals surface area contributed by atoms with Crippen LogP contribution in [0, 0.1) is 12.7 Å². The number of aliphatic carboxylic acids is 1. The number of aromatic nitrogens is 2. The first-order chi connectivity index (χ1) is 16.3. The number of carboxylic acids is 1. The number of para-hydroxylation sites is 1. The highest BCUT2D eigenvalue weighted by atomic mass is 19.1. The van der Waals surface area contributed by atoms with E-state index < -0.39 is 23.7 Å². The number of benzene rings is 2. The Balaban J connectivity index is 1.72. The normalized spacial score (nSPS) is 14.6. The molecular weight excluding hydrogens is 439 g/mol. The van der Waals surface area contributed by atoms with Crippen LogP contribution in [0.3, 0.4) is 0 Å². The average Bonchev–Trinajstić information content (AvgIpc) is 3.24. The summed E-state index contributed by atoms with van der Waals surface area (Å²) in [4.78, 5) is 38.8. The molecule has 1 atom stereocenters. The number of nitrogens with zero attached hydrogens (tertiary/aromatic N) is 3. The van der Waals surface area contributed by atoms with Crippen molar-refractivity contribution in [3.63, 3.8) is 0 Å². The van der Waals surface area contributed by atoms with Gasteiger partial charge in [-0.1, -0.05) is 36.4 Å². The molecule has 2 aromatic carbocycles. The molecular formula is C25H25FN4O4. The maximum Gasteiger partial charge on any atom is 0.305 e. The number of rotatable bonds is 7. The predicted molar refractivity (Wildman–Crippen MR) is 123 cm³/mol. The van der Waals surface area contributed by atoms with Gasteiger partial charge in [-0.2, -0.15) is 5.10 Å². The molecule has 0 aliphatic carbocycles. The number of hydrogen-bond donors (Lipinski definition) is 2. The van der Waals surface area contributed by atoms with Gasteiger partial charge in [-0.15, -0.1) is 0 Å². The Morgan fingerprint density at radius 1 is 1.15 bits per heavy atom. The summed E-state index contributed by atoms with van der Waals surface area (Å²) in [6.07, 6.45) is 1.59. The molecule has 1 fully saturated rings. The lowest BCUT2D eigenvalue weighted by Crippen LogP contribution is -2.36. The SMILES string of the molecule is Cc1ccccc1[C@H](CC(=O)O)NC(=O)c1cc(N2CCCCC2=O)n(-c2ccccc2F)n1. The molecule has 1 aliphatic heterocycles. The van der Waals surface area contributed by atoms with Crippen LogP contribution in [0.1, 0.15) is 53.3 Å². The molecule has 0 radical (unpaired) electrons. The molecule has 1 aromatic heterocycles. The van der Waals surface area contributed by atoms with Crippen LogP contribution < -0.4 is 10.2 Å². The first-order valence-corrected chi connectivity index (χ1v) is 11.1. The lowest BCUT2D eigenvalue weighted by molar-refractivity contribution is -0.137. The molecule has 0 unspecified atom stereocenters. The molecule has 4 rings (SSSR count). The number of hydrogen-bond acceptors (Lipinski definition) is 4.